The molecular formula is C28H56O7S. The van der Waals surface area contributed by atoms with Gasteiger partial charge < -0.3 is 14.5 Å². The topological polar surface area (TPSA) is 80.3 Å². The summed E-state index contributed by atoms with van der Waals surface area (Å²) < 4.78 is 33.8. The summed E-state index contributed by atoms with van der Waals surface area (Å²) in [5.41, 5.74) is 0. The van der Waals surface area contributed by atoms with E-state index in [2.05, 4.69) is 45.4 Å². The molecule has 0 unspecified atom stereocenters. The standard InChI is InChI=1S/C24H50O.C4H6O6S/c1-3-5-7-9-11-13-15-17-19-21-23-25-24-22-20-18-16-14-12-10-8-6-4-2;1-3-7-9-11(5,6)10-8-4-2/h3-24H2,1-2H3;3-4H,1-2H2. The molecule has 0 spiro atoms. The van der Waals surface area contributed by atoms with E-state index in [9.17, 15) is 8.42 Å². The molecule has 0 aromatic heterocycles. The van der Waals surface area contributed by atoms with Crippen LogP contribution in [0.15, 0.2) is 25.7 Å². The number of hydrogen-bond donors (Lipinski definition) is 0. The van der Waals surface area contributed by atoms with Crippen LogP contribution in [-0.2, 0) is 33.6 Å². The fourth-order valence-corrected chi connectivity index (χ4v) is 3.97. The van der Waals surface area contributed by atoms with Crippen molar-refractivity contribution in [2.45, 2.75) is 142 Å². The SMILES string of the molecule is C=COOS(=O)(=O)OOC=C.CCCCCCCCCCCCOCCCCCCCCCCCC. The number of hydrogen-bond acceptors (Lipinski definition) is 7. The molecule has 216 valence electrons. The normalized spacial score (nSPS) is 10.9. The lowest BCUT2D eigenvalue weighted by Gasteiger charge is -2.05. The van der Waals surface area contributed by atoms with E-state index in [-0.39, 0.29) is 0 Å². The zero-order chi connectivity index (χ0) is 27.0. The highest BCUT2D eigenvalue weighted by Gasteiger charge is 2.14. The lowest BCUT2D eigenvalue weighted by atomic mass is 10.1. The zero-order valence-electron chi connectivity index (χ0n) is 23.4. The number of unbranched alkanes of at least 4 members (excludes halogenated alkanes) is 18. The van der Waals surface area contributed by atoms with Gasteiger partial charge in [0, 0.05) is 13.2 Å². The molecule has 36 heavy (non-hydrogen) atoms. The van der Waals surface area contributed by atoms with Crippen molar-refractivity contribution < 1.29 is 31.6 Å². The molecule has 7 nitrogen and oxygen atoms in total. The third kappa shape index (κ3) is 35.1. The summed E-state index contributed by atoms with van der Waals surface area (Å²) in [7, 11) is -4.29. The Hall–Kier alpha value is -1.09. The van der Waals surface area contributed by atoms with Crippen LogP contribution in [0.5, 0.6) is 0 Å². The van der Waals surface area contributed by atoms with Crippen LogP contribution in [0.2, 0.25) is 0 Å². The number of rotatable bonds is 28. The summed E-state index contributed by atoms with van der Waals surface area (Å²) >= 11 is 0. The van der Waals surface area contributed by atoms with E-state index in [0.717, 1.165) is 25.7 Å². The van der Waals surface area contributed by atoms with Gasteiger partial charge >= 0.3 is 10.4 Å². The van der Waals surface area contributed by atoms with Crippen LogP contribution in [0.4, 0.5) is 0 Å². The quantitative estimate of drug-likeness (QED) is 0.0426. The van der Waals surface area contributed by atoms with Crippen molar-refractivity contribution in [1.82, 2.24) is 0 Å². The molecule has 0 saturated heterocycles. The van der Waals surface area contributed by atoms with Crippen molar-refractivity contribution in [2.75, 3.05) is 13.2 Å². The molecule has 0 aliphatic heterocycles. The van der Waals surface area contributed by atoms with Gasteiger partial charge in [-0.15, -0.1) is 0 Å². The first kappa shape index (κ1) is 37.1. The van der Waals surface area contributed by atoms with Crippen LogP contribution in [0.1, 0.15) is 142 Å². The minimum Gasteiger partial charge on any atom is -0.381 e. The number of ether oxygens (including phenoxy) is 1. The fourth-order valence-electron chi connectivity index (χ4n) is 3.65. The molecule has 0 aliphatic rings. The lowest BCUT2D eigenvalue weighted by Crippen LogP contribution is -2.07. The Morgan fingerprint density at radius 1 is 0.500 bits per heavy atom. The summed E-state index contributed by atoms with van der Waals surface area (Å²) in [4.78, 5) is 7.66. The highest BCUT2D eigenvalue weighted by molar-refractivity contribution is 7.81. The van der Waals surface area contributed by atoms with E-state index in [1.54, 1.807) is 0 Å². The van der Waals surface area contributed by atoms with Gasteiger partial charge in [0.25, 0.3) is 0 Å². The Kier molecular flexibility index (Phi) is 32.9. The largest absolute Gasteiger partial charge is 0.470 e. The molecule has 0 bridgehead atoms. The molecule has 0 atom stereocenters. The van der Waals surface area contributed by atoms with Crippen molar-refractivity contribution in [3.63, 3.8) is 0 Å². The predicted octanol–water partition coefficient (Wildman–Crippen LogP) is 9.26. The van der Waals surface area contributed by atoms with Crippen LogP contribution < -0.4 is 0 Å². The molecule has 0 aromatic carbocycles. The van der Waals surface area contributed by atoms with Crippen LogP contribution in [0, 0.1) is 0 Å². The highest BCUT2D eigenvalue weighted by Crippen LogP contribution is 2.12. The maximum atomic E-state index is 10.4. The second kappa shape index (κ2) is 31.9. The van der Waals surface area contributed by atoms with Gasteiger partial charge in [0.1, 0.15) is 12.5 Å². The zero-order valence-corrected chi connectivity index (χ0v) is 24.2. The van der Waals surface area contributed by atoms with Gasteiger partial charge in [-0.1, -0.05) is 143 Å². The van der Waals surface area contributed by atoms with Crippen molar-refractivity contribution in [2.24, 2.45) is 0 Å². The van der Waals surface area contributed by atoms with Crippen LogP contribution in [-0.4, -0.2) is 21.6 Å². The monoisotopic (exact) mass is 536 g/mol. The Balaban J connectivity index is 0. The minimum atomic E-state index is -4.29. The first-order valence-corrected chi connectivity index (χ1v) is 15.6. The summed E-state index contributed by atoms with van der Waals surface area (Å²) in [5.74, 6) is 0. The first-order chi connectivity index (χ1) is 17.5. The van der Waals surface area contributed by atoms with Gasteiger partial charge in [-0.05, 0) is 21.5 Å². The smallest absolute Gasteiger partial charge is 0.381 e. The van der Waals surface area contributed by atoms with E-state index in [1.807, 2.05) is 0 Å². The average Bonchev–Trinajstić information content (AvgIpc) is 2.87. The van der Waals surface area contributed by atoms with Gasteiger partial charge in [0.2, 0.25) is 0 Å². The average molecular weight is 537 g/mol. The second-order valence-electron chi connectivity index (χ2n) is 9.05. The Morgan fingerprint density at radius 2 is 0.778 bits per heavy atom. The predicted molar refractivity (Wildman–Crippen MR) is 148 cm³/mol. The van der Waals surface area contributed by atoms with Crippen molar-refractivity contribution >= 4 is 10.4 Å². The fraction of sp³-hybridized carbons (Fsp3) is 0.857. The molecule has 8 heteroatoms. The Bertz CT molecular complexity index is 498. The molecule has 0 rings (SSSR count). The van der Waals surface area contributed by atoms with Crippen molar-refractivity contribution in [3.8, 4) is 0 Å². The van der Waals surface area contributed by atoms with Crippen molar-refractivity contribution in [3.05, 3.63) is 25.7 Å². The van der Waals surface area contributed by atoms with E-state index in [0.29, 0.717) is 0 Å². The first-order valence-electron chi connectivity index (χ1n) is 14.3. The molecule has 0 amide bonds. The molecule has 0 heterocycles. The summed E-state index contributed by atoms with van der Waals surface area (Å²) in [5, 5.41) is 0. The lowest BCUT2D eigenvalue weighted by molar-refractivity contribution is -0.206. The highest BCUT2D eigenvalue weighted by atomic mass is 32.3. The van der Waals surface area contributed by atoms with Gasteiger partial charge in [0.05, 0.1) is 0 Å². The van der Waals surface area contributed by atoms with Gasteiger partial charge in [-0.3, -0.25) is 0 Å². The van der Waals surface area contributed by atoms with E-state index >= 15 is 0 Å². The summed E-state index contributed by atoms with van der Waals surface area (Å²) in [6, 6.07) is 0. The van der Waals surface area contributed by atoms with Crippen LogP contribution >= 0.6 is 0 Å². The molecule has 0 aromatic rings. The van der Waals surface area contributed by atoms with E-state index < -0.39 is 10.4 Å². The molecule has 0 fully saturated rings. The molecule has 0 saturated carbocycles. The van der Waals surface area contributed by atoms with E-state index in [1.165, 1.54) is 128 Å². The summed E-state index contributed by atoms with van der Waals surface area (Å²) in [6.45, 7) is 12.6. The third-order valence-corrected chi connectivity index (χ3v) is 6.16. The summed E-state index contributed by atoms with van der Waals surface area (Å²) in [6.07, 6.45) is 29.7. The van der Waals surface area contributed by atoms with E-state index in [4.69, 9.17) is 4.74 Å². The van der Waals surface area contributed by atoms with Crippen molar-refractivity contribution in [1.29, 1.82) is 0 Å². The molecule has 0 aliphatic carbocycles. The molecule has 0 radical (unpaired) electrons. The van der Waals surface area contributed by atoms with Gasteiger partial charge in [0.15, 0.2) is 0 Å². The van der Waals surface area contributed by atoms with Gasteiger partial charge in [-0.25, -0.2) is 0 Å². The maximum Gasteiger partial charge on any atom is 0.470 e. The Morgan fingerprint density at radius 3 is 1.06 bits per heavy atom. The third-order valence-electron chi connectivity index (χ3n) is 5.67. The van der Waals surface area contributed by atoms with Crippen LogP contribution in [0.3, 0.4) is 0 Å². The Labute approximate surface area is 223 Å². The molecular weight excluding hydrogens is 480 g/mol. The second-order valence-corrected chi connectivity index (χ2v) is 10.1. The van der Waals surface area contributed by atoms with Gasteiger partial charge in [-0.2, -0.15) is 8.42 Å². The maximum absolute atomic E-state index is 10.4. The molecule has 0 N–H and O–H groups in total. The van der Waals surface area contributed by atoms with Crippen LogP contribution in [0.25, 0.3) is 0 Å². The minimum absolute atomic E-state index is 0.759.